The molecule has 2 rings (SSSR count). The minimum Gasteiger partial charge on any atom is -0.444 e. The molecule has 4 heteroatoms. The molecule has 1 aliphatic carbocycles. The lowest BCUT2D eigenvalue weighted by Gasteiger charge is -2.48. The standard InChI is InChI=1S/C13H21NO3/c1-12(2,3)17-11(16)14-7-6-8-9(14)13(4,5)10(8)15/h8-9H,6-7H2,1-5H3/t8-,9+/m1/s1. The zero-order chi connectivity index (χ0) is 13.0. The molecule has 96 valence electrons. The molecular formula is C13H21NO3. The second kappa shape index (κ2) is 3.47. The number of carbonyl (C=O) groups excluding carboxylic acids is 2. The summed E-state index contributed by atoms with van der Waals surface area (Å²) in [6.45, 7) is 10.0. The molecule has 0 unspecified atom stereocenters. The number of ether oxygens (including phenoxy) is 1. The van der Waals surface area contributed by atoms with Crippen LogP contribution in [0, 0.1) is 11.3 Å². The van der Waals surface area contributed by atoms with Crippen LogP contribution in [0.4, 0.5) is 4.79 Å². The number of amides is 1. The van der Waals surface area contributed by atoms with Gasteiger partial charge in [-0.15, -0.1) is 0 Å². The molecule has 0 spiro atoms. The predicted molar refractivity (Wildman–Crippen MR) is 63.6 cm³/mol. The number of ketones is 1. The van der Waals surface area contributed by atoms with Crippen molar-refractivity contribution in [2.45, 2.75) is 52.7 Å². The van der Waals surface area contributed by atoms with Gasteiger partial charge in [-0.05, 0) is 27.2 Å². The summed E-state index contributed by atoms with van der Waals surface area (Å²) >= 11 is 0. The van der Waals surface area contributed by atoms with Crippen molar-refractivity contribution in [3.63, 3.8) is 0 Å². The number of carbonyl (C=O) groups is 2. The number of hydrogen-bond acceptors (Lipinski definition) is 3. The normalized spacial score (nSPS) is 30.9. The summed E-state index contributed by atoms with van der Waals surface area (Å²) in [6, 6.07) is 0.0323. The topological polar surface area (TPSA) is 46.6 Å². The lowest BCUT2D eigenvalue weighted by atomic mass is 9.59. The SMILES string of the molecule is CC(C)(C)OC(=O)N1CC[C@H]2C(=O)C(C)(C)[C@H]21. The van der Waals surface area contributed by atoms with Gasteiger partial charge >= 0.3 is 6.09 Å². The van der Waals surface area contributed by atoms with Crippen LogP contribution in [0.3, 0.4) is 0 Å². The summed E-state index contributed by atoms with van der Waals surface area (Å²) in [5.74, 6) is 0.325. The maximum absolute atomic E-state index is 12.0. The summed E-state index contributed by atoms with van der Waals surface area (Å²) in [6.07, 6.45) is 0.497. The molecule has 17 heavy (non-hydrogen) atoms. The fraction of sp³-hybridized carbons (Fsp3) is 0.846. The average molecular weight is 239 g/mol. The summed E-state index contributed by atoms with van der Waals surface area (Å²) in [7, 11) is 0. The van der Waals surface area contributed by atoms with Crippen molar-refractivity contribution in [3.05, 3.63) is 0 Å². The van der Waals surface area contributed by atoms with Crippen LogP contribution in [-0.2, 0) is 9.53 Å². The van der Waals surface area contributed by atoms with Gasteiger partial charge in [0.05, 0.1) is 6.04 Å². The largest absolute Gasteiger partial charge is 0.444 e. The number of nitrogens with zero attached hydrogens (tertiary/aromatic N) is 1. The molecule has 2 fully saturated rings. The predicted octanol–water partition coefficient (Wildman–Crippen LogP) is 2.22. The van der Waals surface area contributed by atoms with E-state index in [2.05, 4.69) is 0 Å². The van der Waals surface area contributed by atoms with Crippen LogP contribution >= 0.6 is 0 Å². The number of fused-ring (bicyclic) bond motifs is 1. The highest BCUT2D eigenvalue weighted by Crippen LogP contribution is 2.50. The Balaban J connectivity index is 2.10. The molecule has 1 saturated heterocycles. The molecule has 0 N–H and O–H groups in total. The van der Waals surface area contributed by atoms with Gasteiger partial charge in [0.25, 0.3) is 0 Å². The summed E-state index contributed by atoms with van der Waals surface area (Å²) < 4.78 is 5.38. The van der Waals surface area contributed by atoms with Crippen LogP contribution in [-0.4, -0.2) is 35.0 Å². The van der Waals surface area contributed by atoms with Gasteiger partial charge in [-0.25, -0.2) is 4.79 Å². The van der Waals surface area contributed by atoms with Gasteiger partial charge < -0.3 is 9.64 Å². The lowest BCUT2D eigenvalue weighted by Crippen LogP contribution is -2.62. The highest BCUT2D eigenvalue weighted by atomic mass is 16.6. The monoisotopic (exact) mass is 239 g/mol. The number of likely N-dealkylation sites (tertiary alicyclic amines) is 1. The Labute approximate surface area is 102 Å². The van der Waals surface area contributed by atoms with Crippen molar-refractivity contribution in [2.24, 2.45) is 11.3 Å². The minimum absolute atomic E-state index is 0.0323. The second-order valence-corrected chi connectivity index (χ2v) is 6.60. The van der Waals surface area contributed by atoms with Crippen molar-refractivity contribution < 1.29 is 14.3 Å². The first-order valence-electron chi connectivity index (χ1n) is 6.18. The van der Waals surface area contributed by atoms with E-state index in [0.29, 0.717) is 6.54 Å². The molecule has 0 bridgehead atoms. The minimum atomic E-state index is -0.479. The van der Waals surface area contributed by atoms with Gasteiger partial charge in [-0.1, -0.05) is 13.8 Å². The molecule has 0 radical (unpaired) electrons. The summed E-state index contributed by atoms with van der Waals surface area (Å²) in [5, 5.41) is 0. The Morgan fingerprint density at radius 3 is 2.53 bits per heavy atom. The summed E-state index contributed by atoms with van der Waals surface area (Å²) in [4.78, 5) is 25.6. The molecule has 1 amide bonds. The third-order valence-electron chi connectivity index (χ3n) is 3.74. The molecule has 1 heterocycles. The maximum atomic E-state index is 12.0. The molecule has 4 nitrogen and oxygen atoms in total. The molecule has 0 aromatic carbocycles. The van der Waals surface area contributed by atoms with Gasteiger partial charge in [-0.3, -0.25) is 4.79 Å². The molecule has 0 aromatic rings. The third kappa shape index (κ3) is 1.83. The van der Waals surface area contributed by atoms with E-state index in [-0.39, 0.29) is 23.8 Å². The Bertz CT molecular complexity index is 367. The van der Waals surface area contributed by atoms with Crippen LogP contribution in [0.25, 0.3) is 0 Å². The highest BCUT2D eigenvalue weighted by Gasteiger charge is 2.62. The van der Waals surface area contributed by atoms with Crippen LogP contribution in [0.5, 0.6) is 0 Å². The first kappa shape index (κ1) is 12.4. The van der Waals surface area contributed by atoms with E-state index in [1.807, 2.05) is 34.6 Å². The Morgan fingerprint density at radius 1 is 1.41 bits per heavy atom. The van der Waals surface area contributed by atoms with Gasteiger partial charge in [0.15, 0.2) is 0 Å². The average Bonchev–Trinajstić information content (AvgIpc) is 2.56. The molecule has 2 atom stereocenters. The van der Waals surface area contributed by atoms with Crippen LogP contribution in [0.1, 0.15) is 41.0 Å². The van der Waals surface area contributed by atoms with E-state index < -0.39 is 11.0 Å². The van der Waals surface area contributed by atoms with Gasteiger partial charge in [-0.2, -0.15) is 0 Å². The van der Waals surface area contributed by atoms with E-state index in [4.69, 9.17) is 4.74 Å². The maximum Gasteiger partial charge on any atom is 0.410 e. The molecule has 1 aliphatic heterocycles. The third-order valence-corrected chi connectivity index (χ3v) is 3.74. The fourth-order valence-corrected chi connectivity index (χ4v) is 3.01. The van der Waals surface area contributed by atoms with Crippen LogP contribution in [0.15, 0.2) is 0 Å². The number of rotatable bonds is 0. The molecule has 2 aliphatic rings. The second-order valence-electron chi connectivity index (χ2n) is 6.60. The Hall–Kier alpha value is -1.06. The van der Waals surface area contributed by atoms with Crippen molar-refractivity contribution in [1.82, 2.24) is 4.90 Å². The van der Waals surface area contributed by atoms with Crippen molar-refractivity contribution in [3.8, 4) is 0 Å². The molecular weight excluding hydrogens is 218 g/mol. The Morgan fingerprint density at radius 2 is 2.00 bits per heavy atom. The highest BCUT2D eigenvalue weighted by molar-refractivity contribution is 5.96. The smallest absolute Gasteiger partial charge is 0.410 e. The van der Waals surface area contributed by atoms with Crippen LogP contribution < -0.4 is 0 Å². The Kier molecular flexibility index (Phi) is 2.53. The quantitative estimate of drug-likeness (QED) is 0.651. The van der Waals surface area contributed by atoms with E-state index in [9.17, 15) is 9.59 Å². The first-order chi connectivity index (χ1) is 7.64. The molecule has 1 saturated carbocycles. The van der Waals surface area contributed by atoms with E-state index >= 15 is 0 Å². The van der Waals surface area contributed by atoms with Crippen molar-refractivity contribution in [1.29, 1.82) is 0 Å². The van der Waals surface area contributed by atoms with Gasteiger partial charge in [0, 0.05) is 17.9 Å². The van der Waals surface area contributed by atoms with Gasteiger partial charge in [0.1, 0.15) is 11.4 Å². The summed E-state index contributed by atoms with van der Waals surface area (Å²) in [5.41, 5.74) is -0.884. The van der Waals surface area contributed by atoms with Crippen molar-refractivity contribution >= 4 is 11.9 Å². The molecule has 0 aromatic heterocycles. The van der Waals surface area contributed by atoms with E-state index in [1.165, 1.54) is 0 Å². The number of Topliss-reactive ketones (excluding diaryl/α,β-unsaturated/α-hetero) is 1. The first-order valence-corrected chi connectivity index (χ1v) is 6.18. The van der Waals surface area contributed by atoms with Gasteiger partial charge in [0.2, 0.25) is 0 Å². The van der Waals surface area contributed by atoms with Crippen molar-refractivity contribution in [2.75, 3.05) is 6.54 Å². The van der Waals surface area contributed by atoms with Crippen LogP contribution in [0.2, 0.25) is 0 Å². The number of hydrogen-bond donors (Lipinski definition) is 0. The zero-order valence-electron chi connectivity index (χ0n) is 11.2. The van der Waals surface area contributed by atoms with E-state index in [0.717, 1.165) is 6.42 Å². The zero-order valence-corrected chi connectivity index (χ0v) is 11.2. The van der Waals surface area contributed by atoms with E-state index in [1.54, 1.807) is 4.90 Å². The fourth-order valence-electron chi connectivity index (χ4n) is 3.01. The lowest BCUT2D eigenvalue weighted by molar-refractivity contribution is -0.149.